The molecule has 0 heterocycles. The van der Waals surface area contributed by atoms with Crippen LogP contribution >= 0.6 is 0 Å². The highest BCUT2D eigenvalue weighted by atomic mass is 16.5. The van der Waals surface area contributed by atoms with Crippen LogP contribution in [-0.4, -0.2) is 38.6 Å². The lowest BCUT2D eigenvalue weighted by atomic mass is 10.1. The summed E-state index contributed by atoms with van der Waals surface area (Å²) < 4.78 is 10.3. The van der Waals surface area contributed by atoms with Crippen LogP contribution in [0.25, 0.3) is 0 Å². The van der Waals surface area contributed by atoms with E-state index in [1.807, 2.05) is 24.3 Å². The van der Waals surface area contributed by atoms with E-state index in [0.29, 0.717) is 25.3 Å². The number of benzene rings is 1. The van der Waals surface area contributed by atoms with Gasteiger partial charge in [0.1, 0.15) is 11.5 Å². The van der Waals surface area contributed by atoms with E-state index < -0.39 is 0 Å². The zero-order valence-electron chi connectivity index (χ0n) is 12.7. The number of hydrogen-bond donors (Lipinski definition) is 1. The molecule has 5 nitrogen and oxygen atoms in total. The SMILES string of the molecule is COCCCNC(=O)COc1ccc(CCC(C)=O)cc1. The summed E-state index contributed by atoms with van der Waals surface area (Å²) in [6.07, 6.45) is 2.06. The number of carbonyl (C=O) groups is 2. The predicted molar refractivity (Wildman–Crippen MR) is 80.4 cm³/mol. The second-order valence-corrected chi connectivity index (χ2v) is 4.83. The summed E-state index contributed by atoms with van der Waals surface area (Å²) in [4.78, 5) is 22.4. The van der Waals surface area contributed by atoms with Crippen molar-refractivity contribution in [1.82, 2.24) is 5.32 Å². The third kappa shape index (κ3) is 8.09. The van der Waals surface area contributed by atoms with Crippen molar-refractivity contribution in [3.05, 3.63) is 29.8 Å². The van der Waals surface area contributed by atoms with E-state index in [1.54, 1.807) is 14.0 Å². The minimum absolute atomic E-state index is 0.000223. The predicted octanol–water partition coefficient (Wildman–Crippen LogP) is 1.74. The Balaban J connectivity index is 2.25. The number of hydrogen-bond acceptors (Lipinski definition) is 4. The van der Waals surface area contributed by atoms with Crippen LogP contribution in [0.2, 0.25) is 0 Å². The van der Waals surface area contributed by atoms with Crippen molar-refractivity contribution < 1.29 is 19.1 Å². The molecule has 0 saturated carbocycles. The van der Waals surface area contributed by atoms with Crippen LogP contribution < -0.4 is 10.1 Å². The average Bonchev–Trinajstić information content (AvgIpc) is 2.48. The number of nitrogens with one attached hydrogen (secondary N) is 1. The van der Waals surface area contributed by atoms with E-state index in [1.165, 1.54) is 0 Å². The lowest BCUT2D eigenvalue weighted by molar-refractivity contribution is -0.123. The first kappa shape index (κ1) is 17.2. The normalized spacial score (nSPS) is 10.2. The standard InChI is InChI=1S/C16H23NO4/c1-13(18)4-5-14-6-8-15(9-7-14)21-12-16(19)17-10-3-11-20-2/h6-9H,3-5,10-12H2,1-2H3,(H,17,19). The van der Waals surface area contributed by atoms with Crippen molar-refractivity contribution in [3.8, 4) is 5.75 Å². The Kier molecular flexibility index (Phi) is 8.12. The van der Waals surface area contributed by atoms with Gasteiger partial charge in [0.25, 0.3) is 5.91 Å². The van der Waals surface area contributed by atoms with E-state index in [4.69, 9.17) is 9.47 Å². The highest BCUT2D eigenvalue weighted by Crippen LogP contribution is 2.13. The molecule has 0 saturated heterocycles. The van der Waals surface area contributed by atoms with Crippen LogP contribution in [-0.2, 0) is 20.7 Å². The maximum atomic E-state index is 11.5. The average molecular weight is 293 g/mol. The van der Waals surface area contributed by atoms with Gasteiger partial charge in [0.2, 0.25) is 0 Å². The minimum atomic E-state index is -0.147. The fraction of sp³-hybridized carbons (Fsp3) is 0.500. The van der Waals surface area contributed by atoms with E-state index in [-0.39, 0.29) is 18.3 Å². The molecule has 1 aromatic carbocycles. The van der Waals surface area contributed by atoms with Crippen molar-refractivity contribution in [2.24, 2.45) is 0 Å². The van der Waals surface area contributed by atoms with Crippen LogP contribution in [0.3, 0.4) is 0 Å². The molecule has 0 radical (unpaired) electrons. The van der Waals surface area contributed by atoms with Crippen LogP contribution in [0.1, 0.15) is 25.3 Å². The summed E-state index contributed by atoms with van der Waals surface area (Å²) in [5, 5.41) is 2.75. The lowest BCUT2D eigenvalue weighted by Crippen LogP contribution is -2.30. The molecule has 1 amide bonds. The second-order valence-electron chi connectivity index (χ2n) is 4.83. The molecule has 116 valence electrons. The number of Topliss-reactive ketones (excluding diaryl/α,β-unsaturated/α-hetero) is 1. The fourth-order valence-electron chi connectivity index (χ4n) is 1.72. The Bertz CT molecular complexity index is 442. The Morgan fingerprint density at radius 2 is 1.90 bits per heavy atom. The topological polar surface area (TPSA) is 64.6 Å². The van der Waals surface area contributed by atoms with Crippen molar-refractivity contribution >= 4 is 11.7 Å². The van der Waals surface area contributed by atoms with Gasteiger partial charge in [-0.2, -0.15) is 0 Å². The Morgan fingerprint density at radius 3 is 2.52 bits per heavy atom. The smallest absolute Gasteiger partial charge is 0.257 e. The third-order valence-electron chi connectivity index (χ3n) is 2.91. The molecule has 1 aromatic rings. The lowest BCUT2D eigenvalue weighted by Gasteiger charge is -2.08. The van der Waals surface area contributed by atoms with Gasteiger partial charge in [-0.05, 0) is 37.5 Å². The van der Waals surface area contributed by atoms with Gasteiger partial charge in [0, 0.05) is 26.7 Å². The minimum Gasteiger partial charge on any atom is -0.484 e. The molecule has 5 heteroatoms. The Hall–Kier alpha value is -1.88. The number of methoxy groups -OCH3 is 1. The molecule has 0 unspecified atom stereocenters. The zero-order chi connectivity index (χ0) is 15.5. The van der Waals surface area contributed by atoms with E-state index in [2.05, 4.69) is 5.32 Å². The molecule has 0 aliphatic carbocycles. The maximum absolute atomic E-state index is 11.5. The number of ketones is 1. The van der Waals surface area contributed by atoms with E-state index in [9.17, 15) is 9.59 Å². The molecule has 0 aliphatic rings. The number of aryl methyl sites for hydroxylation is 1. The molecule has 21 heavy (non-hydrogen) atoms. The van der Waals surface area contributed by atoms with Crippen LogP contribution in [0.4, 0.5) is 0 Å². The van der Waals surface area contributed by atoms with Crippen molar-refractivity contribution in [2.75, 3.05) is 26.9 Å². The summed E-state index contributed by atoms with van der Waals surface area (Å²) in [6, 6.07) is 7.45. The number of carbonyl (C=O) groups excluding carboxylic acids is 2. The molecule has 1 N–H and O–H groups in total. The summed E-state index contributed by atoms with van der Waals surface area (Å²) in [6.45, 7) is 2.80. The summed E-state index contributed by atoms with van der Waals surface area (Å²) in [7, 11) is 1.63. The van der Waals surface area contributed by atoms with Crippen LogP contribution in [0.15, 0.2) is 24.3 Å². The first-order valence-electron chi connectivity index (χ1n) is 7.08. The second kappa shape index (κ2) is 9.94. The Morgan fingerprint density at radius 1 is 1.19 bits per heavy atom. The number of ether oxygens (including phenoxy) is 2. The molecule has 1 rings (SSSR count). The summed E-state index contributed by atoms with van der Waals surface area (Å²) in [5.74, 6) is 0.681. The Labute approximate surface area is 125 Å². The number of amides is 1. The molecular formula is C16H23NO4. The first-order valence-corrected chi connectivity index (χ1v) is 7.08. The quantitative estimate of drug-likeness (QED) is 0.667. The molecule has 0 aromatic heterocycles. The van der Waals surface area contributed by atoms with Gasteiger partial charge in [0.15, 0.2) is 6.61 Å². The molecule has 0 fully saturated rings. The molecular weight excluding hydrogens is 270 g/mol. The molecule has 0 spiro atoms. The summed E-state index contributed by atoms with van der Waals surface area (Å²) >= 11 is 0. The first-order chi connectivity index (χ1) is 10.1. The summed E-state index contributed by atoms with van der Waals surface area (Å²) in [5.41, 5.74) is 1.08. The maximum Gasteiger partial charge on any atom is 0.257 e. The van der Waals surface area contributed by atoms with Crippen molar-refractivity contribution in [2.45, 2.75) is 26.2 Å². The van der Waals surface area contributed by atoms with Crippen LogP contribution in [0.5, 0.6) is 5.75 Å². The van der Waals surface area contributed by atoms with Crippen molar-refractivity contribution in [3.63, 3.8) is 0 Å². The van der Waals surface area contributed by atoms with Crippen molar-refractivity contribution in [1.29, 1.82) is 0 Å². The van der Waals surface area contributed by atoms with Gasteiger partial charge in [-0.15, -0.1) is 0 Å². The zero-order valence-corrected chi connectivity index (χ0v) is 12.7. The fourth-order valence-corrected chi connectivity index (χ4v) is 1.72. The highest BCUT2D eigenvalue weighted by molar-refractivity contribution is 5.77. The number of rotatable bonds is 10. The van der Waals surface area contributed by atoms with Gasteiger partial charge in [-0.25, -0.2) is 0 Å². The molecule has 0 atom stereocenters. The largest absolute Gasteiger partial charge is 0.484 e. The molecule has 0 aliphatic heterocycles. The van der Waals surface area contributed by atoms with Gasteiger partial charge in [-0.1, -0.05) is 12.1 Å². The van der Waals surface area contributed by atoms with E-state index >= 15 is 0 Å². The van der Waals surface area contributed by atoms with Gasteiger partial charge < -0.3 is 19.6 Å². The van der Waals surface area contributed by atoms with Gasteiger partial charge in [-0.3, -0.25) is 4.79 Å². The highest BCUT2D eigenvalue weighted by Gasteiger charge is 2.03. The van der Waals surface area contributed by atoms with Gasteiger partial charge in [0.05, 0.1) is 0 Å². The van der Waals surface area contributed by atoms with E-state index in [0.717, 1.165) is 18.4 Å². The molecule has 0 bridgehead atoms. The monoisotopic (exact) mass is 293 g/mol. The van der Waals surface area contributed by atoms with Gasteiger partial charge >= 0.3 is 0 Å². The van der Waals surface area contributed by atoms with Crippen LogP contribution in [0, 0.1) is 0 Å². The third-order valence-corrected chi connectivity index (χ3v) is 2.91.